The van der Waals surface area contributed by atoms with Gasteiger partial charge in [-0.3, -0.25) is 9.78 Å². The molecule has 36 heavy (non-hydrogen) atoms. The lowest BCUT2D eigenvalue weighted by Gasteiger charge is -2.09. The van der Waals surface area contributed by atoms with E-state index in [-0.39, 0.29) is 40.5 Å². The van der Waals surface area contributed by atoms with Crippen molar-refractivity contribution in [2.24, 2.45) is 5.10 Å². The van der Waals surface area contributed by atoms with Crippen molar-refractivity contribution in [1.82, 2.24) is 14.8 Å². The summed E-state index contributed by atoms with van der Waals surface area (Å²) in [6.45, 7) is 3.39. The van der Waals surface area contributed by atoms with E-state index in [0.29, 0.717) is 10.9 Å². The Balaban J connectivity index is 2.05. The smallest absolute Gasteiger partial charge is 0.289 e. The van der Waals surface area contributed by atoms with Crippen molar-refractivity contribution in [1.29, 1.82) is 0 Å². The van der Waals surface area contributed by atoms with Crippen LogP contribution in [0.1, 0.15) is 42.7 Å². The summed E-state index contributed by atoms with van der Waals surface area (Å²) in [6, 6.07) is 12.1. The summed E-state index contributed by atoms with van der Waals surface area (Å²) >= 11 is 0. The van der Waals surface area contributed by atoms with Crippen molar-refractivity contribution in [3.63, 3.8) is 0 Å². The molecule has 3 heterocycles. The third-order valence-corrected chi connectivity index (χ3v) is 9.67. The number of pyridine rings is 2. The third-order valence-electron chi connectivity index (χ3n) is 5.61. The summed E-state index contributed by atoms with van der Waals surface area (Å²) in [4.78, 5) is 16.5. The first-order valence-electron chi connectivity index (χ1n) is 11.5. The van der Waals surface area contributed by atoms with Gasteiger partial charge in [-0.25, -0.2) is 22.3 Å². The Morgan fingerprint density at radius 2 is 1.58 bits per heavy atom. The number of rotatable bonds is 9. The lowest BCUT2D eigenvalue weighted by Crippen LogP contribution is -2.23. The summed E-state index contributed by atoms with van der Waals surface area (Å²) in [5.41, 5.74) is 2.92. The van der Waals surface area contributed by atoms with E-state index in [0.717, 1.165) is 5.39 Å². The second kappa shape index (κ2) is 10.2. The van der Waals surface area contributed by atoms with Crippen LogP contribution in [0.5, 0.6) is 0 Å². The largest absolute Gasteiger partial charge is 0.309 e. The highest BCUT2D eigenvalue weighted by atomic mass is 32.2. The molecule has 4 aromatic rings. The number of aromatic nitrogens is 2. The highest BCUT2D eigenvalue weighted by molar-refractivity contribution is 7.94. The normalized spacial score (nSPS) is 12.5. The third kappa shape index (κ3) is 4.76. The number of amides is 1. The zero-order chi connectivity index (χ0) is 25.9. The molecule has 0 aliphatic rings. The highest BCUT2D eigenvalue weighted by Crippen LogP contribution is 2.37. The van der Waals surface area contributed by atoms with Gasteiger partial charge in [0.25, 0.3) is 5.91 Å². The molecule has 0 bridgehead atoms. The maximum Gasteiger partial charge on any atom is 0.289 e. The number of fused-ring (bicyclic) bond motifs is 3. The molecule has 9 nitrogen and oxygen atoms in total. The van der Waals surface area contributed by atoms with Gasteiger partial charge in [0.2, 0.25) is 0 Å². The van der Waals surface area contributed by atoms with E-state index in [1.807, 2.05) is 0 Å². The first kappa shape index (κ1) is 25.5. The van der Waals surface area contributed by atoms with Crippen LogP contribution in [0.3, 0.4) is 0 Å². The van der Waals surface area contributed by atoms with Crippen LogP contribution in [0.2, 0.25) is 0 Å². The van der Waals surface area contributed by atoms with Gasteiger partial charge in [0.1, 0.15) is 15.5 Å². The number of hydrazone groups is 1. The molecule has 0 saturated heterocycles. The molecule has 4 rings (SSSR count). The number of carbonyl (C=O) groups is 1. The molecule has 0 spiro atoms. The zero-order valence-electron chi connectivity index (χ0n) is 19.9. The molecule has 0 aliphatic carbocycles. The van der Waals surface area contributed by atoms with Gasteiger partial charge in [0.05, 0.1) is 23.2 Å². The van der Waals surface area contributed by atoms with Crippen molar-refractivity contribution < 1.29 is 21.6 Å². The lowest BCUT2D eigenvalue weighted by molar-refractivity contribution is 0.0945. The summed E-state index contributed by atoms with van der Waals surface area (Å²) in [5.74, 6) is -1.40. The Morgan fingerprint density at radius 1 is 0.944 bits per heavy atom. The minimum absolute atomic E-state index is 0.166. The van der Waals surface area contributed by atoms with E-state index < -0.39 is 30.5 Å². The van der Waals surface area contributed by atoms with Gasteiger partial charge < -0.3 is 4.40 Å². The zero-order valence-corrected chi connectivity index (χ0v) is 21.5. The second-order valence-corrected chi connectivity index (χ2v) is 12.3. The van der Waals surface area contributed by atoms with Crippen molar-refractivity contribution in [3.8, 4) is 0 Å². The predicted molar refractivity (Wildman–Crippen MR) is 139 cm³/mol. The van der Waals surface area contributed by atoms with E-state index in [2.05, 4.69) is 15.5 Å². The number of sulfone groups is 2. The standard InChI is InChI=1S/C25H26N4O5S2/c1-3-15-35(31,32)23-21-20-8-6-5-7-19(20)11-14-29(21)22(24(23)36(33,34)16-4-2)25(30)28-27-17-18-9-12-26-13-10-18/h5-14,17H,3-4,15-16H2,1-2H3,(H,28,30)/b27-17-. The molecule has 0 saturated carbocycles. The van der Waals surface area contributed by atoms with Crippen LogP contribution < -0.4 is 5.43 Å². The molecule has 1 amide bonds. The highest BCUT2D eigenvalue weighted by Gasteiger charge is 2.37. The Bertz CT molecular complexity index is 1680. The summed E-state index contributed by atoms with van der Waals surface area (Å²) < 4.78 is 55.5. The molecule has 11 heteroatoms. The van der Waals surface area contributed by atoms with Gasteiger partial charge in [0, 0.05) is 24.0 Å². The fraction of sp³-hybridized carbons (Fsp3) is 0.240. The quantitative estimate of drug-likeness (QED) is 0.262. The topological polar surface area (TPSA) is 127 Å². The molecule has 0 aliphatic heterocycles. The van der Waals surface area contributed by atoms with Gasteiger partial charge in [-0.05, 0) is 42.0 Å². The van der Waals surface area contributed by atoms with E-state index >= 15 is 0 Å². The van der Waals surface area contributed by atoms with Crippen LogP contribution >= 0.6 is 0 Å². The molecule has 0 unspecified atom stereocenters. The van der Waals surface area contributed by atoms with Crippen LogP contribution in [0.15, 0.2) is 75.9 Å². The van der Waals surface area contributed by atoms with Crippen molar-refractivity contribution in [2.45, 2.75) is 36.5 Å². The van der Waals surface area contributed by atoms with Crippen molar-refractivity contribution in [2.75, 3.05) is 11.5 Å². The number of nitrogens with one attached hydrogen (secondary N) is 1. The average Bonchev–Trinajstić information content (AvgIpc) is 3.22. The number of hydrogen-bond donors (Lipinski definition) is 1. The Hall–Kier alpha value is -3.57. The fourth-order valence-electron chi connectivity index (χ4n) is 4.16. The van der Waals surface area contributed by atoms with Gasteiger partial charge >= 0.3 is 0 Å². The number of hydrogen-bond acceptors (Lipinski definition) is 7. The molecule has 0 radical (unpaired) electrons. The molecule has 0 atom stereocenters. The van der Waals surface area contributed by atoms with Crippen LogP contribution in [0.4, 0.5) is 0 Å². The Labute approximate surface area is 209 Å². The minimum atomic E-state index is -4.15. The molecule has 1 aromatic carbocycles. The van der Waals surface area contributed by atoms with Crippen LogP contribution in [-0.4, -0.2) is 49.8 Å². The van der Waals surface area contributed by atoms with Crippen molar-refractivity contribution >= 4 is 48.1 Å². The van der Waals surface area contributed by atoms with E-state index in [4.69, 9.17) is 0 Å². The first-order chi connectivity index (χ1) is 17.2. The number of nitrogens with zero attached hydrogens (tertiary/aromatic N) is 3. The van der Waals surface area contributed by atoms with E-state index in [1.165, 1.54) is 16.8 Å². The summed E-state index contributed by atoms with van der Waals surface area (Å²) in [6.07, 6.45) is 6.58. The van der Waals surface area contributed by atoms with E-state index in [9.17, 15) is 21.6 Å². The molecule has 0 fully saturated rings. The fourth-order valence-corrected chi connectivity index (χ4v) is 8.15. The minimum Gasteiger partial charge on any atom is -0.309 e. The average molecular weight is 527 g/mol. The van der Waals surface area contributed by atoms with E-state index in [1.54, 1.807) is 68.7 Å². The van der Waals surface area contributed by atoms with Crippen LogP contribution in [0, 0.1) is 0 Å². The van der Waals surface area contributed by atoms with Gasteiger partial charge in [-0.1, -0.05) is 38.1 Å². The maximum atomic E-state index is 13.6. The maximum absolute atomic E-state index is 13.6. The first-order valence-corrected chi connectivity index (χ1v) is 14.8. The molecular weight excluding hydrogens is 500 g/mol. The number of benzene rings is 1. The predicted octanol–water partition coefficient (Wildman–Crippen LogP) is 3.62. The number of carbonyl (C=O) groups excluding carboxylic acids is 1. The van der Waals surface area contributed by atoms with Gasteiger partial charge in [-0.2, -0.15) is 5.10 Å². The Kier molecular flexibility index (Phi) is 7.23. The molecular formula is C25H26N4O5S2. The lowest BCUT2D eigenvalue weighted by atomic mass is 10.1. The monoisotopic (exact) mass is 526 g/mol. The van der Waals surface area contributed by atoms with Crippen LogP contribution in [0.25, 0.3) is 16.3 Å². The molecule has 1 N–H and O–H groups in total. The van der Waals surface area contributed by atoms with Crippen molar-refractivity contribution in [3.05, 3.63) is 72.3 Å². The van der Waals surface area contributed by atoms with Gasteiger partial charge in [0.15, 0.2) is 19.7 Å². The second-order valence-electron chi connectivity index (χ2n) is 8.25. The SMILES string of the molecule is CCCS(=O)(=O)c1c(S(=O)(=O)CCC)c2c3ccccc3ccn2c1C(=O)N/N=C\c1ccncc1. The van der Waals surface area contributed by atoms with Gasteiger partial charge in [-0.15, -0.1) is 0 Å². The summed E-state index contributed by atoms with van der Waals surface area (Å²) in [7, 11) is -8.21. The molecule has 3 aromatic heterocycles. The van der Waals surface area contributed by atoms with Crippen LogP contribution in [-0.2, 0) is 19.7 Å². The summed E-state index contributed by atoms with van der Waals surface area (Å²) in [5, 5.41) is 5.20. The molecule has 188 valence electrons. The Morgan fingerprint density at radius 3 is 2.25 bits per heavy atom.